The van der Waals surface area contributed by atoms with Crippen molar-refractivity contribution < 1.29 is 0 Å². The number of hydrogen-bond donors (Lipinski definition) is 4. The Labute approximate surface area is 115 Å². The lowest BCUT2D eigenvalue weighted by molar-refractivity contribution is 0.693. The van der Waals surface area contributed by atoms with Gasteiger partial charge in [-0.25, -0.2) is 4.79 Å². The van der Waals surface area contributed by atoms with Crippen LogP contribution in [0, 0.1) is 0 Å². The third-order valence-electron chi connectivity index (χ3n) is 3.41. The lowest BCUT2D eigenvalue weighted by Crippen LogP contribution is -2.17. The lowest BCUT2D eigenvalue weighted by atomic mass is 9.98. The molecule has 3 rings (SSSR count). The summed E-state index contributed by atoms with van der Waals surface area (Å²) in [5.74, 6) is 0. The summed E-state index contributed by atoms with van der Waals surface area (Å²) in [6.07, 6.45) is 0. The highest BCUT2D eigenvalue weighted by molar-refractivity contribution is 5.75. The maximum atomic E-state index is 11.3. The standard InChI is InChI=1S/C15H16N4O/c1-17-14(9-3-2-4-11(16)7-9)10-5-6-12-13(8-10)19-15(20)18-12/h2-8,14,17H,16H2,1H3,(H2,18,19,20). The molecule has 0 saturated heterocycles. The van der Waals surface area contributed by atoms with Crippen molar-refractivity contribution in [2.45, 2.75) is 6.04 Å². The van der Waals surface area contributed by atoms with Crippen LogP contribution in [-0.4, -0.2) is 17.0 Å². The fourth-order valence-electron chi connectivity index (χ4n) is 2.49. The van der Waals surface area contributed by atoms with Gasteiger partial charge in [-0.05, 0) is 42.4 Å². The molecule has 0 radical (unpaired) electrons. The molecule has 5 N–H and O–H groups in total. The molecule has 0 aliphatic heterocycles. The van der Waals surface area contributed by atoms with Crippen LogP contribution in [0.25, 0.3) is 11.0 Å². The lowest BCUT2D eigenvalue weighted by Gasteiger charge is -2.17. The molecule has 0 saturated carbocycles. The molecule has 2 aromatic carbocycles. The van der Waals surface area contributed by atoms with Crippen molar-refractivity contribution in [2.75, 3.05) is 12.8 Å². The fourth-order valence-corrected chi connectivity index (χ4v) is 2.49. The van der Waals surface area contributed by atoms with E-state index in [0.717, 1.165) is 27.8 Å². The molecule has 1 heterocycles. The molecule has 0 spiro atoms. The molecule has 20 heavy (non-hydrogen) atoms. The van der Waals surface area contributed by atoms with Gasteiger partial charge in [-0.3, -0.25) is 0 Å². The van der Waals surface area contributed by atoms with Crippen LogP contribution in [-0.2, 0) is 0 Å². The number of imidazole rings is 1. The van der Waals surface area contributed by atoms with Gasteiger partial charge < -0.3 is 21.0 Å². The molecule has 0 amide bonds. The minimum Gasteiger partial charge on any atom is -0.399 e. The van der Waals surface area contributed by atoms with Crippen molar-refractivity contribution in [2.24, 2.45) is 0 Å². The summed E-state index contributed by atoms with van der Waals surface area (Å²) in [6.45, 7) is 0. The van der Waals surface area contributed by atoms with Crippen molar-refractivity contribution in [1.29, 1.82) is 0 Å². The topological polar surface area (TPSA) is 86.7 Å². The first kappa shape index (κ1) is 12.5. The Morgan fingerprint density at radius 3 is 2.55 bits per heavy atom. The molecule has 1 unspecified atom stereocenters. The number of nitrogens with two attached hydrogens (primary N) is 1. The van der Waals surface area contributed by atoms with E-state index in [4.69, 9.17) is 5.73 Å². The van der Waals surface area contributed by atoms with E-state index in [1.54, 1.807) is 0 Å². The van der Waals surface area contributed by atoms with Gasteiger partial charge in [0.1, 0.15) is 0 Å². The van der Waals surface area contributed by atoms with Crippen molar-refractivity contribution in [3.8, 4) is 0 Å². The number of H-pyrrole nitrogens is 2. The van der Waals surface area contributed by atoms with Crippen LogP contribution in [0.1, 0.15) is 17.2 Å². The number of anilines is 1. The summed E-state index contributed by atoms with van der Waals surface area (Å²) in [5, 5.41) is 3.28. The average molecular weight is 268 g/mol. The summed E-state index contributed by atoms with van der Waals surface area (Å²) in [5.41, 5.74) is 10.2. The van der Waals surface area contributed by atoms with E-state index in [0.29, 0.717) is 0 Å². The van der Waals surface area contributed by atoms with E-state index in [-0.39, 0.29) is 11.7 Å². The molecule has 5 nitrogen and oxygen atoms in total. The molecule has 3 aromatic rings. The maximum Gasteiger partial charge on any atom is 0.323 e. The quantitative estimate of drug-likeness (QED) is 0.546. The van der Waals surface area contributed by atoms with Gasteiger partial charge in [0.15, 0.2) is 0 Å². The largest absolute Gasteiger partial charge is 0.399 e. The van der Waals surface area contributed by atoms with Gasteiger partial charge in [0.05, 0.1) is 17.1 Å². The number of nitrogen functional groups attached to an aromatic ring is 1. The van der Waals surface area contributed by atoms with Gasteiger partial charge in [0, 0.05) is 5.69 Å². The Bertz CT molecular complexity index is 803. The molecule has 0 aliphatic rings. The highest BCUT2D eigenvalue weighted by atomic mass is 16.1. The first-order valence-corrected chi connectivity index (χ1v) is 6.42. The summed E-state index contributed by atoms with van der Waals surface area (Å²) in [7, 11) is 1.90. The fraction of sp³-hybridized carbons (Fsp3) is 0.133. The summed E-state index contributed by atoms with van der Waals surface area (Å²) < 4.78 is 0. The number of aromatic amines is 2. The predicted molar refractivity (Wildman–Crippen MR) is 80.7 cm³/mol. The zero-order valence-electron chi connectivity index (χ0n) is 11.1. The zero-order valence-corrected chi connectivity index (χ0v) is 11.1. The first-order valence-electron chi connectivity index (χ1n) is 6.42. The van der Waals surface area contributed by atoms with Gasteiger partial charge >= 0.3 is 5.69 Å². The minimum absolute atomic E-state index is 0.0290. The predicted octanol–water partition coefficient (Wildman–Crippen LogP) is 1.75. The Morgan fingerprint density at radius 2 is 1.80 bits per heavy atom. The van der Waals surface area contributed by atoms with Crippen LogP contribution >= 0.6 is 0 Å². The van der Waals surface area contributed by atoms with Crippen LogP contribution in [0.3, 0.4) is 0 Å². The number of aromatic nitrogens is 2. The van der Waals surface area contributed by atoms with Crippen LogP contribution < -0.4 is 16.7 Å². The highest BCUT2D eigenvalue weighted by Crippen LogP contribution is 2.25. The molecule has 5 heteroatoms. The van der Waals surface area contributed by atoms with Crippen molar-refractivity contribution in [3.63, 3.8) is 0 Å². The third kappa shape index (κ3) is 2.19. The van der Waals surface area contributed by atoms with Gasteiger partial charge in [0.2, 0.25) is 0 Å². The minimum atomic E-state index is -0.192. The maximum absolute atomic E-state index is 11.3. The Kier molecular flexibility index (Phi) is 3.04. The molecule has 0 aliphatic carbocycles. The van der Waals surface area contributed by atoms with Crippen LogP contribution in [0.4, 0.5) is 5.69 Å². The van der Waals surface area contributed by atoms with Crippen LogP contribution in [0.15, 0.2) is 47.3 Å². The van der Waals surface area contributed by atoms with Gasteiger partial charge in [-0.2, -0.15) is 0 Å². The number of fused-ring (bicyclic) bond motifs is 1. The molecule has 102 valence electrons. The summed E-state index contributed by atoms with van der Waals surface area (Å²) in [6, 6.07) is 13.7. The van der Waals surface area contributed by atoms with E-state index in [9.17, 15) is 4.79 Å². The smallest absolute Gasteiger partial charge is 0.323 e. The number of rotatable bonds is 3. The molecular formula is C15H16N4O. The number of hydrogen-bond acceptors (Lipinski definition) is 3. The Morgan fingerprint density at radius 1 is 1.05 bits per heavy atom. The molecule has 1 aromatic heterocycles. The van der Waals surface area contributed by atoms with Gasteiger partial charge in [0.25, 0.3) is 0 Å². The normalized spacial score (nSPS) is 12.7. The Balaban J connectivity index is 2.08. The number of benzene rings is 2. The first-order chi connectivity index (χ1) is 9.67. The second-order valence-corrected chi connectivity index (χ2v) is 4.78. The second-order valence-electron chi connectivity index (χ2n) is 4.78. The summed E-state index contributed by atoms with van der Waals surface area (Å²) in [4.78, 5) is 16.8. The van der Waals surface area contributed by atoms with E-state index < -0.39 is 0 Å². The number of nitrogens with one attached hydrogen (secondary N) is 3. The van der Waals surface area contributed by atoms with E-state index >= 15 is 0 Å². The monoisotopic (exact) mass is 268 g/mol. The van der Waals surface area contributed by atoms with Crippen molar-refractivity contribution in [3.05, 3.63) is 64.1 Å². The Hall–Kier alpha value is -2.53. The average Bonchev–Trinajstić information content (AvgIpc) is 2.79. The second kappa shape index (κ2) is 4.86. The molecule has 1 atom stereocenters. The molecular weight excluding hydrogens is 252 g/mol. The van der Waals surface area contributed by atoms with Crippen molar-refractivity contribution >= 4 is 16.7 Å². The van der Waals surface area contributed by atoms with E-state index in [1.807, 2.05) is 49.5 Å². The van der Waals surface area contributed by atoms with Crippen LogP contribution in [0.2, 0.25) is 0 Å². The van der Waals surface area contributed by atoms with Crippen LogP contribution in [0.5, 0.6) is 0 Å². The van der Waals surface area contributed by atoms with Gasteiger partial charge in [-0.15, -0.1) is 0 Å². The molecule has 0 bridgehead atoms. The van der Waals surface area contributed by atoms with Crippen molar-refractivity contribution in [1.82, 2.24) is 15.3 Å². The summed E-state index contributed by atoms with van der Waals surface area (Å²) >= 11 is 0. The third-order valence-corrected chi connectivity index (χ3v) is 3.41. The van der Waals surface area contributed by atoms with E-state index in [2.05, 4.69) is 15.3 Å². The van der Waals surface area contributed by atoms with Gasteiger partial charge in [-0.1, -0.05) is 18.2 Å². The molecule has 0 fully saturated rings. The highest BCUT2D eigenvalue weighted by Gasteiger charge is 2.13. The van der Waals surface area contributed by atoms with E-state index in [1.165, 1.54) is 0 Å². The SMILES string of the molecule is CNC(c1cccc(N)c1)c1ccc2[nH]c(=O)[nH]c2c1. The zero-order chi connectivity index (χ0) is 14.1.